The van der Waals surface area contributed by atoms with Crippen LogP contribution in [0.5, 0.6) is 0 Å². The van der Waals surface area contributed by atoms with Crippen LogP contribution in [0.25, 0.3) is 0 Å². The fourth-order valence-electron chi connectivity index (χ4n) is 2.77. The van der Waals surface area contributed by atoms with Crippen molar-refractivity contribution < 1.29 is 18.0 Å². The highest BCUT2D eigenvalue weighted by Gasteiger charge is 2.31. The van der Waals surface area contributed by atoms with Crippen LogP contribution in [0.4, 0.5) is 18.9 Å². The van der Waals surface area contributed by atoms with Gasteiger partial charge < -0.3 is 10.2 Å². The molecule has 0 spiro atoms. The second kappa shape index (κ2) is 8.25. The molecule has 2 rings (SSSR count). The highest BCUT2D eigenvalue weighted by Crippen LogP contribution is 2.31. The Balaban J connectivity index is 1.98. The third-order valence-corrected chi connectivity index (χ3v) is 4.27. The molecular weight excluding hydrogens is 341 g/mol. The molecule has 2 aromatic rings. The van der Waals surface area contributed by atoms with E-state index in [1.54, 1.807) is 13.0 Å². The smallest absolute Gasteiger partial charge is 0.377 e. The summed E-state index contributed by atoms with van der Waals surface area (Å²) in [6, 6.07) is 12.8. The molecule has 1 amide bonds. The third-order valence-electron chi connectivity index (χ3n) is 4.27. The molecule has 0 radical (unpaired) electrons. The number of para-hydroxylation sites is 1. The topological polar surface area (TPSA) is 32.3 Å². The summed E-state index contributed by atoms with van der Waals surface area (Å²) in [5.74, 6) is -0.937. The summed E-state index contributed by atoms with van der Waals surface area (Å²) in [7, 11) is 3.90. The number of carbonyl (C=O) groups excluding carboxylic acids is 1. The SMILES string of the molecule is CC(C(=O)NCCc1ccccc1N(C)C)c1cccc(C(F)(F)F)c1. The highest BCUT2D eigenvalue weighted by atomic mass is 19.4. The van der Waals surface area contributed by atoms with Gasteiger partial charge in [0.05, 0.1) is 11.5 Å². The highest BCUT2D eigenvalue weighted by molar-refractivity contribution is 5.83. The minimum Gasteiger partial charge on any atom is -0.377 e. The van der Waals surface area contributed by atoms with E-state index in [4.69, 9.17) is 0 Å². The van der Waals surface area contributed by atoms with Gasteiger partial charge in [-0.3, -0.25) is 4.79 Å². The number of carbonyl (C=O) groups is 1. The third kappa shape index (κ3) is 5.00. The minimum atomic E-state index is -4.41. The van der Waals surface area contributed by atoms with Gasteiger partial charge in [-0.15, -0.1) is 0 Å². The Morgan fingerprint density at radius 1 is 1.12 bits per heavy atom. The van der Waals surface area contributed by atoms with Crippen LogP contribution in [-0.2, 0) is 17.4 Å². The quantitative estimate of drug-likeness (QED) is 0.832. The fraction of sp³-hybridized carbons (Fsp3) is 0.350. The van der Waals surface area contributed by atoms with E-state index in [2.05, 4.69) is 5.32 Å². The Bertz CT molecular complexity index is 757. The van der Waals surface area contributed by atoms with E-state index >= 15 is 0 Å². The average Bonchev–Trinajstić information content (AvgIpc) is 2.60. The predicted octanol–water partition coefficient (Wildman–Crippen LogP) is 4.23. The Hall–Kier alpha value is -2.50. The number of hydrogen-bond donors (Lipinski definition) is 1. The molecule has 0 aliphatic rings. The first kappa shape index (κ1) is 19.8. The number of anilines is 1. The van der Waals surface area contributed by atoms with E-state index in [1.165, 1.54) is 6.07 Å². The molecule has 0 fully saturated rings. The van der Waals surface area contributed by atoms with Crippen molar-refractivity contribution >= 4 is 11.6 Å². The summed E-state index contributed by atoms with van der Waals surface area (Å²) in [5, 5.41) is 2.82. The molecule has 2 aromatic carbocycles. The number of amides is 1. The van der Waals surface area contributed by atoms with E-state index in [-0.39, 0.29) is 5.91 Å². The molecule has 26 heavy (non-hydrogen) atoms. The van der Waals surface area contributed by atoms with E-state index < -0.39 is 17.7 Å². The van der Waals surface area contributed by atoms with Gasteiger partial charge in [-0.25, -0.2) is 0 Å². The van der Waals surface area contributed by atoms with Gasteiger partial charge in [0.15, 0.2) is 0 Å². The minimum absolute atomic E-state index is 0.286. The van der Waals surface area contributed by atoms with Crippen LogP contribution >= 0.6 is 0 Å². The number of nitrogens with one attached hydrogen (secondary N) is 1. The maximum atomic E-state index is 12.8. The Kier molecular flexibility index (Phi) is 6.29. The van der Waals surface area contributed by atoms with Gasteiger partial charge >= 0.3 is 6.18 Å². The van der Waals surface area contributed by atoms with Crippen molar-refractivity contribution in [2.75, 3.05) is 25.5 Å². The molecule has 140 valence electrons. The normalized spacial score (nSPS) is 12.5. The van der Waals surface area contributed by atoms with E-state index in [0.29, 0.717) is 18.5 Å². The largest absolute Gasteiger partial charge is 0.416 e. The van der Waals surface area contributed by atoms with Crippen LogP contribution < -0.4 is 10.2 Å². The molecule has 0 saturated carbocycles. The lowest BCUT2D eigenvalue weighted by Gasteiger charge is -2.18. The van der Waals surface area contributed by atoms with Crippen LogP contribution in [0.2, 0.25) is 0 Å². The molecule has 0 aromatic heterocycles. The number of benzene rings is 2. The standard InChI is InChI=1S/C20H23F3N2O/c1-14(16-8-6-9-17(13-16)20(21,22)23)19(26)24-12-11-15-7-4-5-10-18(15)25(2)3/h4-10,13-14H,11-12H2,1-3H3,(H,24,26). The van der Waals surface area contributed by atoms with Crippen LogP contribution in [0.1, 0.15) is 29.5 Å². The van der Waals surface area contributed by atoms with E-state index in [0.717, 1.165) is 23.4 Å². The van der Waals surface area contributed by atoms with Crippen molar-refractivity contribution in [3.63, 3.8) is 0 Å². The molecule has 6 heteroatoms. The van der Waals surface area contributed by atoms with Crippen molar-refractivity contribution in [3.05, 3.63) is 65.2 Å². The van der Waals surface area contributed by atoms with Crippen molar-refractivity contribution in [2.45, 2.75) is 25.4 Å². The lowest BCUT2D eigenvalue weighted by Crippen LogP contribution is -2.30. The fourth-order valence-corrected chi connectivity index (χ4v) is 2.77. The number of nitrogens with zero attached hydrogens (tertiary/aromatic N) is 1. The summed E-state index contributed by atoms with van der Waals surface area (Å²) < 4.78 is 38.5. The maximum Gasteiger partial charge on any atom is 0.416 e. The zero-order valence-corrected chi connectivity index (χ0v) is 15.1. The van der Waals surface area contributed by atoms with Crippen molar-refractivity contribution in [3.8, 4) is 0 Å². The van der Waals surface area contributed by atoms with Crippen LogP contribution in [0.3, 0.4) is 0 Å². The second-order valence-electron chi connectivity index (χ2n) is 6.41. The van der Waals surface area contributed by atoms with Gasteiger partial charge in [0.1, 0.15) is 0 Å². The molecule has 3 nitrogen and oxygen atoms in total. The first-order valence-electron chi connectivity index (χ1n) is 8.40. The molecule has 0 saturated heterocycles. The van der Waals surface area contributed by atoms with Crippen molar-refractivity contribution in [2.24, 2.45) is 0 Å². The van der Waals surface area contributed by atoms with Crippen molar-refractivity contribution in [1.82, 2.24) is 5.32 Å². The molecule has 1 atom stereocenters. The van der Waals surface area contributed by atoms with Crippen LogP contribution in [-0.4, -0.2) is 26.5 Å². The summed E-state index contributed by atoms with van der Waals surface area (Å²) in [6.45, 7) is 2.03. The first-order valence-corrected chi connectivity index (χ1v) is 8.40. The monoisotopic (exact) mass is 364 g/mol. The average molecular weight is 364 g/mol. The predicted molar refractivity (Wildman–Crippen MR) is 97.3 cm³/mol. The first-order chi connectivity index (χ1) is 12.2. The van der Waals surface area contributed by atoms with Gasteiger partial charge in [-0.05, 0) is 36.6 Å². The van der Waals surface area contributed by atoms with E-state index in [1.807, 2.05) is 43.3 Å². The number of hydrogen-bond acceptors (Lipinski definition) is 2. The summed E-state index contributed by atoms with van der Waals surface area (Å²) in [4.78, 5) is 14.3. The molecule has 0 aliphatic carbocycles. The van der Waals surface area contributed by atoms with Gasteiger partial charge in [-0.2, -0.15) is 13.2 Å². The molecule has 1 unspecified atom stereocenters. The second-order valence-corrected chi connectivity index (χ2v) is 6.41. The van der Waals surface area contributed by atoms with Gasteiger partial charge in [0.2, 0.25) is 5.91 Å². The van der Waals surface area contributed by atoms with Crippen LogP contribution in [0.15, 0.2) is 48.5 Å². The van der Waals surface area contributed by atoms with E-state index in [9.17, 15) is 18.0 Å². The summed E-state index contributed by atoms with van der Waals surface area (Å²) in [6.07, 6.45) is -3.77. The Morgan fingerprint density at radius 3 is 2.46 bits per heavy atom. The van der Waals surface area contributed by atoms with Crippen LogP contribution in [0, 0.1) is 0 Å². The number of alkyl halides is 3. The number of rotatable bonds is 6. The molecule has 0 bridgehead atoms. The lowest BCUT2D eigenvalue weighted by atomic mass is 9.98. The zero-order valence-electron chi connectivity index (χ0n) is 15.1. The van der Waals surface area contributed by atoms with Gasteiger partial charge in [0, 0.05) is 26.3 Å². The van der Waals surface area contributed by atoms with Gasteiger partial charge in [-0.1, -0.05) is 36.4 Å². The molecule has 1 N–H and O–H groups in total. The van der Waals surface area contributed by atoms with Gasteiger partial charge in [0.25, 0.3) is 0 Å². The molecular formula is C20H23F3N2O. The molecule has 0 aliphatic heterocycles. The Morgan fingerprint density at radius 2 is 1.81 bits per heavy atom. The number of halogens is 3. The molecule has 0 heterocycles. The Labute approximate surface area is 151 Å². The zero-order chi connectivity index (χ0) is 19.3. The summed E-state index contributed by atoms with van der Waals surface area (Å²) in [5.41, 5.74) is 1.79. The maximum absolute atomic E-state index is 12.8. The van der Waals surface area contributed by atoms with Crippen molar-refractivity contribution in [1.29, 1.82) is 0 Å². The lowest BCUT2D eigenvalue weighted by molar-refractivity contribution is -0.137. The summed E-state index contributed by atoms with van der Waals surface area (Å²) >= 11 is 0.